The maximum absolute atomic E-state index is 13.0. The molecule has 0 unspecified atom stereocenters. The van der Waals surface area contributed by atoms with Crippen LogP contribution in [0.25, 0.3) is 0 Å². The molecule has 0 aliphatic rings. The van der Waals surface area contributed by atoms with Gasteiger partial charge in [-0.25, -0.2) is 0 Å². The van der Waals surface area contributed by atoms with Gasteiger partial charge in [-0.3, -0.25) is 4.79 Å². The van der Waals surface area contributed by atoms with Crippen molar-refractivity contribution in [2.24, 2.45) is 0 Å². The SMILES string of the molecule is O=C(c1ccccc1)c1ccc(C(c2ccccc2)(c2ccc(O)cc2)c2ccc(O)cc2)cc1. The maximum atomic E-state index is 13.0. The van der Waals surface area contributed by atoms with E-state index in [4.69, 9.17) is 0 Å². The highest BCUT2D eigenvalue weighted by Gasteiger charge is 2.38. The highest BCUT2D eigenvalue weighted by atomic mass is 16.3. The average molecular weight is 457 g/mol. The molecule has 0 fully saturated rings. The molecule has 0 saturated carbocycles. The number of hydrogen-bond acceptors (Lipinski definition) is 3. The van der Waals surface area contributed by atoms with Crippen LogP contribution in [-0.4, -0.2) is 16.0 Å². The number of benzene rings is 5. The number of rotatable bonds is 6. The lowest BCUT2D eigenvalue weighted by atomic mass is 9.65. The molecular formula is C32H24O3. The number of carbonyl (C=O) groups is 1. The molecular weight excluding hydrogens is 432 g/mol. The predicted molar refractivity (Wildman–Crippen MR) is 138 cm³/mol. The van der Waals surface area contributed by atoms with Gasteiger partial charge in [-0.2, -0.15) is 0 Å². The normalized spacial score (nSPS) is 11.2. The second-order valence-corrected chi connectivity index (χ2v) is 8.48. The van der Waals surface area contributed by atoms with Gasteiger partial charge in [0.1, 0.15) is 11.5 Å². The summed E-state index contributed by atoms with van der Waals surface area (Å²) in [6.45, 7) is 0. The molecule has 170 valence electrons. The number of aromatic hydroxyl groups is 2. The van der Waals surface area contributed by atoms with Crippen molar-refractivity contribution in [3.05, 3.63) is 167 Å². The van der Waals surface area contributed by atoms with Gasteiger partial charge in [0.2, 0.25) is 0 Å². The van der Waals surface area contributed by atoms with Crippen LogP contribution < -0.4 is 0 Å². The van der Waals surface area contributed by atoms with E-state index >= 15 is 0 Å². The van der Waals surface area contributed by atoms with Crippen molar-refractivity contribution in [3.63, 3.8) is 0 Å². The minimum absolute atomic E-state index is 0.0308. The van der Waals surface area contributed by atoms with E-state index < -0.39 is 5.41 Å². The van der Waals surface area contributed by atoms with Gasteiger partial charge in [0.15, 0.2) is 5.78 Å². The fourth-order valence-electron chi connectivity index (χ4n) is 4.74. The summed E-state index contributed by atoms with van der Waals surface area (Å²) < 4.78 is 0. The second-order valence-electron chi connectivity index (χ2n) is 8.48. The van der Waals surface area contributed by atoms with Gasteiger partial charge in [0.25, 0.3) is 0 Å². The van der Waals surface area contributed by atoms with Crippen LogP contribution in [0.1, 0.15) is 38.2 Å². The summed E-state index contributed by atoms with van der Waals surface area (Å²) in [5.74, 6) is 0.340. The third-order valence-corrected chi connectivity index (χ3v) is 6.42. The molecule has 35 heavy (non-hydrogen) atoms. The lowest BCUT2D eigenvalue weighted by molar-refractivity contribution is 0.103. The fourth-order valence-corrected chi connectivity index (χ4v) is 4.74. The summed E-state index contributed by atoms with van der Waals surface area (Å²) in [5, 5.41) is 20.0. The molecule has 0 heterocycles. The Kier molecular flexibility index (Phi) is 5.90. The third kappa shape index (κ3) is 4.09. The molecule has 0 atom stereocenters. The van der Waals surface area contributed by atoms with Crippen molar-refractivity contribution in [1.29, 1.82) is 0 Å². The Balaban J connectivity index is 1.74. The Morgan fingerprint density at radius 2 is 0.771 bits per heavy atom. The molecule has 0 radical (unpaired) electrons. The highest BCUT2D eigenvalue weighted by Crippen LogP contribution is 2.45. The van der Waals surface area contributed by atoms with Crippen LogP contribution in [0.3, 0.4) is 0 Å². The van der Waals surface area contributed by atoms with Crippen molar-refractivity contribution in [3.8, 4) is 11.5 Å². The van der Waals surface area contributed by atoms with E-state index in [-0.39, 0.29) is 17.3 Å². The van der Waals surface area contributed by atoms with Gasteiger partial charge >= 0.3 is 0 Å². The topological polar surface area (TPSA) is 57.5 Å². The first-order valence-corrected chi connectivity index (χ1v) is 11.4. The monoisotopic (exact) mass is 456 g/mol. The minimum Gasteiger partial charge on any atom is -0.508 e. The minimum atomic E-state index is -0.739. The zero-order valence-electron chi connectivity index (χ0n) is 19.0. The van der Waals surface area contributed by atoms with Crippen LogP contribution in [-0.2, 0) is 5.41 Å². The fraction of sp³-hybridized carbons (Fsp3) is 0.0312. The third-order valence-electron chi connectivity index (χ3n) is 6.42. The summed E-state index contributed by atoms with van der Waals surface area (Å²) in [6.07, 6.45) is 0. The number of phenolic OH excluding ortho intramolecular Hbond substituents is 2. The van der Waals surface area contributed by atoms with Crippen molar-refractivity contribution < 1.29 is 15.0 Å². The summed E-state index contributed by atoms with van der Waals surface area (Å²) in [4.78, 5) is 13.0. The molecule has 0 amide bonds. The van der Waals surface area contributed by atoms with Crippen LogP contribution in [0.5, 0.6) is 11.5 Å². The van der Waals surface area contributed by atoms with Crippen molar-refractivity contribution >= 4 is 5.78 Å². The van der Waals surface area contributed by atoms with Crippen LogP contribution in [0, 0.1) is 0 Å². The Morgan fingerprint density at radius 1 is 0.429 bits per heavy atom. The Hall–Kier alpha value is -4.63. The van der Waals surface area contributed by atoms with Crippen molar-refractivity contribution in [2.45, 2.75) is 5.41 Å². The summed E-state index contributed by atoms with van der Waals surface area (Å²) in [7, 11) is 0. The van der Waals surface area contributed by atoms with E-state index in [1.807, 2.05) is 97.1 Å². The van der Waals surface area contributed by atoms with Gasteiger partial charge in [0, 0.05) is 11.1 Å². The first-order valence-electron chi connectivity index (χ1n) is 11.4. The average Bonchev–Trinajstić information content (AvgIpc) is 2.92. The number of carbonyl (C=O) groups excluding carboxylic acids is 1. The van der Waals surface area contributed by atoms with Crippen LogP contribution in [0.4, 0.5) is 0 Å². The molecule has 0 spiro atoms. The van der Waals surface area contributed by atoms with Crippen molar-refractivity contribution in [2.75, 3.05) is 0 Å². The smallest absolute Gasteiger partial charge is 0.193 e. The molecule has 0 bridgehead atoms. The van der Waals surface area contributed by atoms with Gasteiger partial charge in [-0.05, 0) is 46.5 Å². The maximum Gasteiger partial charge on any atom is 0.193 e. The molecule has 5 rings (SSSR count). The lowest BCUT2D eigenvalue weighted by Crippen LogP contribution is -2.31. The highest BCUT2D eigenvalue weighted by molar-refractivity contribution is 6.09. The van der Waals surface area contributed by atoms with E-state index in [9.17, 15) is 15.0 Å². The van der Waals surface area contributed by atoms with Crippen molar-refractivity contribution in [1.82, 2.24) is 0 Å². The largest absolute Gasteiger partial charge is 0.508 e. The Bertz CT molecular complexity index is 1380. The quantitative estimate of drug-likeness (QED) is 0.220. The van der Waals surface area contributed by atoms with E-state index in [1.165, 1.54) is 0 Å². The summed E-state index contributed by atoms with van der Waals surface area (Å²) in [5.41, 5.74) is 4.41. The molecule has 0 aliphatic heterocycles. The number of ketones is 1. The van der Waals surface area contributed by atoms with E-state index in [0.29, 0.717) is 11.1 Å². The number of hydrogen-bond donors (Lipinski definition) is 2. The van der Waals surface area contributed by atoms with Crippen LogP contribution in [0.15, 0.2) is 133 Å². The van der Waals surface area contributed by atoms with Gasteiger partial charge in [-0.1, -0.05) is 109 Å². The van der Waals surface area contributed by atoms with E-state index in [1.54, 1.807) is 24.3 Å². The molecule has 3 heteroatoms. The zero-order chi connectivity index (χ0) is 24.3. The van der Waals surface area contributed by atoms with Gasteiger partial charge in [0.05, 0.1) is 5.41 Å². The number of phenols is 2. The standard InChI is InChI=1S/C32H24O3/c33-29-19-15-27(16-20-29)32(25-9-5-2-6-10-25,28-17-21-30(34)22-18-28)26-13-11-24(12-14-26)31(35)23-7-3-1-4-8-23/h1-22,33-34H. The van der Waals surface area contributed by atoms with E-state index in [0.717, 1.165) is 22.3 Å². The second kappa shape index (κ2) is 9.32. The molecule has 3 nitrogen and oxygen atoms in total. The predicted octanol–water partition coefficient (Wildman–Crippen LogP) is 6.71. The molecule has 5 aromatic carbocycles. The Morgan fingerprint density at radius 3 is 1.23 bits per heavy atom. The first-order chi connectivity index (χ1) is 17.1. The van der Waals surface area contributed by atoms with E-state index in [2.05, 4.69) is 12.1 Å². The Labute approximate surface area is 204 Å². The van der Waals surface area contributed by atoms with Crippen LogP contribution in [0.2, 0.25) is 0 Å². The molecule has 0 aliphatic carbocycles. The summed E-state index contributed by atoms with van der Waals surface area (Å²) >= 11 is 0. The molecule has 0 aromatic heterocycles. The van der Waals surface area contributed by atoms with Crippen LogP contribution >= 0.6 is 0 Å². The first kappa shape index (κ1) is 22.2. The molecule has 0 saturated heterocycles. The van der Waals surface area contributed by atoms with Gasteiger partial charge in [-0.15, -0.1) is 0 Å². The van der Waals surface area contributed by atoms with Gasteiger partial charge < -0.3 is 10.2 Å². The zero-order valence-corrected chi connectivity index (χ0v) is 19.0. The lowest BCUT2D eigenvalue weighted by Gasteiger charge is -2.37. The summed E-state index contributed by atoms with van der Waals surface area (Å²) in [6, 6.07) is 41.5. The molecule has 5 aromatic rings. The molecule has 2 N–H and O–H groups in total.